The summed E-state index contributed by atoms with van der Waals surface area (Å²) < 4.78 is 1.54. The van der Waals surface area contributed by atoms with Gasteiger partial charge in [0.25, 0.3) is 5.56 Å². The minimum absolute atomic E-state index is 0.223. The number of nitrogens with one attached hydrogen (secondary N) is 2. The van der Waals surface area contributed by atoms with E-state index in [9.17, 15) is 9.90 Å². The topological polar surface area (TPSA) is 95.8 Å². The van der Waals surface area contributed by atoms with E-state index in [0.717, 1.165) is 16.3 Å². The van der Waals surface area contributed by atoms with Gasteiger partial charge in [-0.3, -0.25) is 14.5 Å². The highest BCUT2D eigenvalue weighted by molar-refractivity contribution is 5.86. The van der Waals surface area contributed by atoms with Gasteiger partial charge in [-0.05, 0) is 16.3 Å². The maximum atomic E-state index is 12.1. The second-order valence-corrected chi connectivity index (χ2v) is 5.89. The Hall–Kier alpha value is -3.19. The third-order valence-electron chi connectivity index (χ3n) is 4.25. The number of aliphatic hydroxyl groups excluding tert-OH is 1. The molecule has 25 heavy (non-hydrogen) atoms. The van der Waals surface area contributed by atoms with Crippen molar-refractivity contribution < 1.29 is 5.11 Å². The summed E-state index contributed by atoms with van der Waals surface area (Å²) in [6.45, 7) is 0.223. The van der Waals surface area contributed by atoms with Crippen LogP contribution in [-0.2, 0) is 7.05 Å². The molecule has 2 heterocycles. The van der Waals surface area contributed by atoms with Crippen LogP contribution in [0.2, 0.25) is 0 Å². The lowest BCUT2D eigenvalue weighted by Gasteiger charge is -2.15. The molecule has 3 N–H and O–H groups in total. The lowest BCUT2D eigenvalue weighted by molar-refractivity contribution is 0.193. The van der Waals surface area contributed by atoms with E-state index >= 15 is 0 Å². The fourth-order valence-electron chi connectivity index (χ4n) is 2.96. The molecule has 0 saturated heterocycles. The summed E-state index contributed by atoms with van der Waals surface area (Å²) in [5.74, 6) is 0.306. The molecular weight excluding hydrogens is 318 g/mol. The second-order valence-electron chi connectivity index (χ2n) is 5.89. The molecule has 1 unspecified atom stereocenters. The van der Waals surface area contributed by atoms with E-state index in [-0.39, 0.29) is 12.1 Å². The zero-order valence-electron chi connectivity index (χ0n) is 13.6. The van der Waals surface area contributed by atoms with Gasteiger partial charge >= 0.3 is 0 Å². The number of anilines is 1. The summed E-state index contributed by atoms with van der Waals surface area (Å²) in [5, 5.41) is 20.1. The van der Waals surface area contributed by atoms with Gasteiger partial charge in [0.05, 0.1) is 12.3 Å². The first-order chi connectivity index (χ1) is 12.1. The first-order valence-electron chi connectivity index (χ1n) is 7.95. The Morgan fingerprint density at radius 1 is 1.20 bits per heavy atom. The molecule has 0 fully saturated rings. The Labute approximate surface area is 142 Å². The number of fused-ring (bicyclic) bond motifs is 2. The van der Waals surface area contributed by atoms with Crippen molar-refractivity contribution in [3.63, 3.8) is 0 Å². The lowest BCUT2D eigenvalue weighted by atomic mass is 10.0. The van der Waals surface area contributed by atoms with Crippen molar-refractivity contribution in [3.05, 3.63) is 64.6 Å². The normalized spacial score (nSPS) is 12.6. The van der Waals surface area contributed by atoms with Gasteiger partial charge in [0.2, 0.25) is 5.95 Å². The number of rotatable bonds is 4. The quantitative estimate of drug-likeness (QED) is 0.530. The molecule has 7 heteroatoms. The fraction of sp³-hybridized carbons (Fsp3) is 0.167. The summed E-state index contributed by atoms with van der Waals surface area (Å²) in [6, 6.07) is 13.7. The van der Waals surface area contributed by atoms with Crippen LogP contribution in [0, 0.1) is 0 Å². The van der Waals surface area contributed by atoms with Crippen LogP contribution in [-0.4, -0.2) is 31.4 Å². The van der Waals surface area contributed by atoms with Gasteiger partial charge in [0, 0.05) is 13.6 Å². The SMILES string of the molecule is Cn1ncc2c(=O)[nH]c(NCC(O)c3cccc4ccccc34)nc21. The Morgan fingerprint density at radius 2 is 2.00 bits per heavy atom. The highest BCUT2D eigenvalue weighted by Crippen LogP contribution is 2.24. The smallest absolute Gasteiger partial charge is 0.263 e. The number of hydrogen-bond acceptors (Lipinski definition) is 5. The molecule has 0 aliphatic rings. The number of aromatic nitrogens is 4. The van der Waals surface area contributed by atoms with Crippen LogP contribution in [0.15, 0.2) is 53.5 Å². The van der Waals surface area contributed by atoms with Crippen LogP contribution in [0.5, 0.6) is 0 Å². The van der Waals surface area contributed by atoms with Gasteiger partial charge in [0.1, 0.15) is 5.39 Å². The standard InChI is InChI=1S/C18H17N5O2/c1-23-16-14(9-20-23)17(25)22-18(21-16)19-10-15(24)13-8-4-6-11-5-2-3-7-12(11)13/h2-9,15,24H,10H2,1H3,(H2,19,21,22,25). The van der Waals surface area contributed by atoms with Gasteiger partial charge in [-0.25, -0.2) is 0 Å². The van der Waals surface area contributed by atoms with E-state index in [1.165, 1.54) is 10.9 Å². The molecule has 4 rings (SSSR count). The van der Waals surface area contributed by atoms with Crippen molar-refractivity contribution in [2.75, 3.05) is 11.9 Å². The highest BCUT2D eigenvalue weighted by atomic mass is 16.3. The predicted octanol–water partition coefficient (Wildman–Crippen LogP) is 1.96. The maximum absolute atomic E-state index is 12.1. The Balaban J connectivity index is 1.60. The van der Waals surface area contributed by atoms with E-state index < -0.39 is 6.10 Å². The van der Waals surface area contributed by atoms with Crippen molar-refractivity contribution in [3.8, 4) is 0 Å². The maximum Gasteiger partial charge on any atom is 0.263 e. The molecule has 0 bridgehead atoms. The lowest BCUT2D eigenvalue weighted by Crippen LogP contribution is -2.18. The van der Waals surface area contributed by atoms with Gasteiger partial charge in [0.15, 0.2) is 5.65 Å². The summed E-state index contributed by atoms with van der Waals surface area (Å²) in [6.07, 6.45) is 0.745. The van der Waals surface area contributed by atoms with E-state index in [1.54, 1.807) is 7.05 Å². The Bertz CT molecular complexity index is 1110. The predicted molar refractivity (Wildman–Crippen MR) is 96.5 cm³/mol. The second kappa shape index (κ2) is 6.03. The Morgan fingerprint density at radius 3 is 2.88 bits per heavy atom. The third-order valence-corrected chi connectivity index (χ3v) is 4.25. The molecule has 0 saturated carbocycles. The van der Waals surface area contributed by atoms with Crippen LogP contribution < -0.4 is 10.9 Å². The molecule has 1 atom stereocenters. The number of aryl methyl sites for hydroxylation is 1. The van der Waals surface area contributed by atoms with Crippen LogP contribution in [0.25, 0.3) is 21.8 Å². The number of nitrogens with zero attached hydrogens (tertiary/aromatic N) is 3. The zero-order valence-corrected chi connectivity index (χ0v) is 13.6. The first kappa shape index (κ1) is 15.3. The largest absolute Gasteiger partial charge is 0.387 e. The minimum Gasteiger partial charge on any atom is -0.387 e. The summed E-state index contributed by atoms with van der Waals surface area (Å²) in [4.78, 5) is 19.1. The molecule has 0 radical (unpaired) electrons. The number of H-pyrrole nitrogens is 1. The van der Waals surface area contributed by atoms with Crippen molar-refractivity contribution in [2.24, 2.45) is 7.05 Å². The molecule has 0 spiro atoms. The van der Waals surface area contributed by atoms with E-state index in [4.69, 9.17) is 0 Å². The molecule has 0 aliphatic carbocycles. The Kier molecular flexibility index (Phi) is 3.70. The summed E-state index contributed by atoms with van der Waals surface area (Å²) in [5.41, 5.74) is 1.06. The first-order valence-corrected chi connectivity index (χ1v) is 7.95. The van der Waals surface area contributed by atoms with Crippen molar-refractivity contribution in [2.45, 2.75) is 6.10 Å². The molecule has 7 nitrogen and oxygen atoms in total. The van der Waals surface area contributed by atoms with Gasteiger partial charge in [-0.2, -0.15) is 10.1 Å². The molecule has 0 aliphatic heterocycles. The van der Waals surface area contributed by atoms with Gasteiger partial charge < -0.3 is 10.4 Å². The van der Waals surface area contributed by atoms with Crippen LogP contribution in [0.3, 0.4) is 0 Å². The van der Waals surface area contributed by atoms with Crippen LogP contribution in [0.1, 0.15) is 11.7 Å². The highest BCUT2D eigenvalue weighted by Gasteiger charge is 2.13. The summed E-state index contributed by atoms with van der Waals surface area (Å²) >= 11 is 0. The number of benzene rings is 2. The van der Waals surface area contributed by atoms with Crippen LogP contribution in [0.4, 0.5) is 5.95 Å². The third kappa shape index (κ3) is 2.74. The van der Waals surface area contributed by atoms with E-state index in [2.05, 4.69) is 20.4 Å². The molecule has 2 aromatic carbocycles. The van der Waals surface area contributed by atoms with Crippen molar-refractivity contribution >= 4 is 27.8 Å². The monoisotopic (exact) mass is 335 g/mol. The van der Waals surface area contributed by atoms with E-state index in [0.29, 0.717) is 17.0 Å². The molecule has 126 valence electrons. The molecule has 2 aromatic heterocycles. The van der Waals surface area contributed by atoms with Crippen molar-refractivity contribution in [1.82, 2.24) is 19.7 Å². The minimum atomic E-state index is -0.737. The average Bonchev–Trinajstić information content (AvgIpc) is 3.01. The molecular formula is C18H17N5O2. The molecule has 0 amide bonds. The van der Waals surface area contributed by atoms with Gasteiger partial charge in [-0.1, -0.05) is 42.5 Å². The summed E-state index contributed by atoms with van der Waals surface area (Å²) in [7, 11) is 1.73. The van der Waals surface area contributed by atoms with Crippen molar-refractivity contribution in [1.29, 1.82) is 0 Å². The van der Waals surface area contributed by atoms with Crippen LogP contribution >= 0.6 is 0 Å². The zero-order chi connectivity index (χ0) is 17.4. The van der Waals surface area contributed by atoms with E-state index in [1.807, 2.05) is 42.5 Å². The fourth-order valence-corrected chi connectivity index (χ4v) is 2.96. The molecule has 4 aromatic rings. The number of hydrogen-bond donors (Lipinski definition) is 3. The average molecular weight is 335 g/mol. The van der Waals surface area contributed by atoms with Gasteiger partial charge in [-0.15, -0.1) is 0 Å². The number of aliphatic hydroxyl groups is 1. The number of aromatic amines is 1.